The summed E-state index contributed by atoms with van der Waals surface area (Å²) >= 11 is 0. The molecule has 2 aromatic heterocycles. The number of carbonyl (C=O) groups is 1. The second-order valence-corrected chi connectivity index (χ2v) is 7.01. The number of nitrogens with two attached hydrogens (primary N) is 1. The fourth-order valence-corrected chi connectivity index (χ4v) is 3.52. The molecule has 3 heterocycles. The van der Waals surface area contributed by atoms with E-state index in [1.165, 1.54) is 5.56 Å². The van der Waals surface area contributed by atoms with Gasteiger partial charge in [-0.3, -0.25) is 4.79 Å². The summed E-state index contributed by atoms with van der Waals surface area (Å²) < 4.78 is 5.38. The third-order valence-corrected chi connectivity index (χ3v) is 5.10. The number of amides is 1. The summed E-state index contributed by atoms with van der Waals surface area (Å²) in [6.07, 6.45) is 0.948. The molecule has 0 radical (unpaired) electrons. The molecule has 0 aliphatic carbocycles. The summed E-state index contributed by atoms with van der Waals surface area (Å²) in [6, 6.07) is 9.92. The highest BCUT2D eigenvalue weighted by Crippen LogP contribution is 2.29. The Morgan fingerprint density at radius 3 is 2.70 bits per heavy atom. The molecule has 0 spiro atoms. The van der Waals surface area contributed by atoms with Crippen molar-refractivity contribution in [3.8, 4) is 11.3 Å². The number of hydrogen-bond acceptors (Lipinski definition) is 5. The first kappa shape index (κ1) is 19.3. The highest BCUT2D eigenvalue weighted by atomic mass is 35.5. The van der Waals surface area contributed by atoms with Gasteiger partial charge in [0.2, 0.25) is 0 Å². The first-order valence-corrected chi connectivity index (χ1v) is 8.90. The summed E-state index contributed by atoms with van der Waals surface area (Å²) in [5.74, 6) is 0.365. The number of hydrogen-bond donors (Lipinski definition) is 1. The zero-order valence-corrected chi connectivity index (χ0v) is 16.3. The van der Waals surface area contributed by atoms with E-state index in [1.54, 1.807) is 0 Å². The number of likely N-dealkylation sites (tertiary alicyclic amines) is 1. The molecule has 1 unspecified atom stereocenters. The van der Waals surface area contributed by atoms with Crippen molar-refractivity contribution in [2.24, 2.45) is 11.7 Å². The molecule has 1 atom stereocenters. The molecule has 1 fully saturated rings. The van der Waals surface area contributed by atoms with E-state index in [2.05, 4.69) is 10.1 Å². The molecule has 0 saturated carbocycles. The maximum atomic E-state index is 13.2. The van der Waals surface area contributed by atoms with Gasteiger partial charge in [0.15, 0.2) is 0 Å². The number of aromatic nitrogens is 2. The van der Waals surface area contributed by atoms with Crippen LogP contribution in [0.25, 0.3) is 22.4 Å². The van der Waals surface area contributed by atoms with Crippen molar-refractivity contribution in [3.63, 3.8) is 0 Å². The van der Waals surface area contributed by atoms with E-state index in [-0.39, 0.29) is 18.3 Å². The number of nitrogens with zero attached hydrogens (tertiary/aromatic N) is 3. The lowest BCUT2D eigenvalue weighted by atomic mass is 10.0. The first-order valence-electron chi connectivity index (χ1n) is 8.90. The minimum Gasteiger partial charge on any atom is -0.338 e. The van der Waals surface area contributed by atoms with Gasteiger partial charge < -0.3 is 15.2 Å². The molecule has 1 aliphatic rings. The van der Waals surface area contributed by atoms with Crippen LogP contribution in [0.15, 0.2) is 34.9 Å². The summed E-state index contributed by atoms with van der Waals surface area (Å²) in [5, 5.41) is 4.71. The minimum absolute atomic E-state index is 0. The molecule has 1 aliphatic heterocycles. The highest BCUT2D eigenvalue weighted by Gasteiger charge is 2.29. The van der Waals surface area contributed by atoms with Crippen molar-refractivity contribution >= 4 is 29.4 Å². The van der Waals surface area contributed by atoms with Gasteiger partial charge in [-0.2, -0.15) is 0 Å². The van der Waals surface area contributed by atoms with Crippen LogP contribution in [-0.2, 0) is 0 Å². The first-order chi connectivity index (χ1) is 12.6. The number of carbonyl (C=O) groups excluding carboxylic acids is 1. The number of aryl methyl sites for hydroxylation is 2. The van der Waals surface area contributed by atoms with Gasteiger partial charge in [-0.15, -0.1) is 12.4 Å². The topological polar surface area (TPSA) is 85.2 Å². The van der Waals surface area contributed by atoms with Crippen LogP contribution in [0.5, 0.6) is 0 Å². The molecule has 27 heavy (non-hydrogen) atoms. The fourth-order valence-electron chi connectivity index (χ4n) is 3.52. The van der Waals surface area contributed by atoms with E-state index in [9.17, 15) is 4.79 Å². The molecule has 1 saturated heterocycles. The maximum Gasteiger partial charge on any atom is 0.259 e. The van der Waals surface area contributed by atoms with Crippen LogP contribution in [0.3, 0.4) is 0 Å². The average molecular weight is 387 g/mol. The molecule has 6 nitrogen and oxygen atoms in total. The van der Waals surface area contributed by atoms with Crippen LogP contribution in [0, 0.1) is 19.8 Å². The van der Waals surface area contributed by atoms with Gasteiger partial charge in [0.1, 0.15) is 0 Å². The van der Waals surface area contributed by atoms with E-state index in [1.807, 2.05) is 49.1 Å². The Labute approximate surface area is 164 Å². The monoisotopic (exact) mass is 386 g/mol. The van der Waals surface area contributed by atoms with Crippen LogP contribution >= 0.6 is 12.4 Å². The number of halogens is 1. The predicted octanol–water partition coefficient (Wildman–Crippen LogP) is 3.35. The molecule has 7 heteroatoms. The molecular weight excluding hydrogens is 364 g/mol. The number of fused-ring (bicyclic) bond motifs is 1. The van der Waals surface area contributed by atoms with Crippen molar-refractivity contribution in [2.45, 2.75) is 20.3 Å². The second-order valence-electron chi connectivity index (χ2n) is 7.01. The molecule has 2 N–H and O–H groups in total. The summed E-state index contributed by atoms with van der Waals surface area (Å²) in [6.45, 7) is 5.91. The molecular formula is C20H23ClN4O2. The van der Waals surface area contributed by atoms with Gasteiger partial charge >= 0.3 is 0 Å². The van der Waals surface area contributed by atoms with Crippen molar-refractivity contribution in [3.05, 3.63) is 47.2 Å². The average Bonchev–Trinajstić information content (AvgIpc) is 3.28. The van der Waals surface area contributed by atoms with Crippen LogP contribution in [0.2, 0.25) is 0 Å². The largest absolute Gasteiger partial charge is 0.338 e. The normalized spacial score (nSPS) is 16.6. The van der Waals surface area contributed by atoms with Gasteiger partial charge in [-0.25, -0.2) is 4.98 Å². The SMILES string of the molecule is Cc1ccc(-c2cc(C(=O)N3CCC(CN)C3)c3c(C)noc3n2)cc1.Cl. The Kier molecular flexibility index (Phi) is 5.48. The van der Waals surface area contributed by atoms with Crippen molar-refractivity contribution in [2.75, 3.05) is 19.6 Å². The Balaban J connectivity index is 0.00000210. The van der Waals surface area contributed by atoms with E-state index in [0.29, 0.717) is 47.1 Å². The number of rotatable bonds is 3. The quantitative estimate of drug-likeness (QED) is 0.746. The highest BCUT2D eigenvalue weighted by molar-refractivity contribution is 6.07. The number of benzene rings is 1. The Morgan fingerprint density at radius 2 is 2.04 bits per heavy atom. The minimum atomic E-state index is -0.00647. The van der Waals surface area contributed by atoms with Crippen molar-refractivity contribution in [1.82, 2.24) is 15.0 Å². The Bertz CT molecular complexity index is 968. The van der Waals surface area contributed by atoms with Crippen molar-refractivity contribution < 1.29 is 9.32 Å². The lowest BCUT2D eigenvalue weighted by Crippen LogP contribution is -2.30. The standard InChI is InChI=1S/C20H22N4O2.ClH/c1-12-3-5-15(6-4-12)17-9-16(18-13(2)23-26-19(18)22-17)20(25)24-8-7-14(10-21)11-24;/h3-6,9,14H,7-8,10-11,21H2,1-2H3;1H. The van der Waals surface area contributed by atoms with Crippen LogP contribution < -0.4 is 5.73 Å². The zero-order chi connectivity index (χ0) is 18.3. The molecule has 142 valence electrons. The van der Waals surface area contributed by atoms with Gasteiger partial charge in [0.05, 0.1) is 22.3 Å². The van der Waals surface area contributed by atoms with Crippen LogP contribution in [-0.4, -0.2) is 40.6 Å². The predicted molar refractivity (Wildman–Crippen MR) is 107 cm³/mol. The van der Waals surface area contributed by atoms with Gasteiger partial charge in [-0.05, 0) is 38.8 Å². The van der Waals surface area contributed by atoms with E-state index in [4.69, 9.17) is 10.3 Å². The fraction of sp³-hybridized carbons (Fsp3) is 0.350. The summed E-state index contributed by atoms with van der Waals surface area (Å²) in [4.78, 5) is 19.6. The van der Waals surface area contributed by atoms with Gasteiger partial charge in [0.25, 0.3) is 11.6 Å². The third kappa shape index (κ3) is 3.55. The lowest BCUT2D eigenvalue weighted by molar-refractivity contribution is 0.0789. The zero-order valence-electron chi connectivity index (χ0n) is 15.4. The lowest BCUT2D eigenvalue weighted by Gasteiger charge is -2.17. The molecule has 1 aromatic carbocycles. The smallest absolute Gasteiger partial charge is 0.259 e. The molecule has 3 aromatic rings. The molecule has 0 bridgehead atoms. The van der Waals surface area contributed by atoms with Crippen LogP contribution in [0.4, 0.5) is 0 Å². The Hall–Kier alpha value is -2.44. The van der Waals surface area contributed by atoms with Gasteiger partial charge in [0, 0.05) is 18.7 Å². The van der Waals surface area contributed by atoms with E-state index in [0.717, 1.165) is 18.5 Å². The van der Waals surface area contributed by atoms with Gasteiger partial charge in [-0.1, -0.05) is 35.0 Å². The summed E-state index contributed by atoms with van der Waals surface area (Å²) in [7, 11) is 0. The molecule has 4 rings (SSSR count). The third-order valence-electron chi connectivity index (χ3n) is 5.10. The van der Waals surface area contributed by atoms with E-state index >= 15 is 0 Å². The summed E-state index contributed by atoms with van der Waals surface area (Å²) in [5.41, 5.74) is 10.3. The second kappa shape index (κ2) is 7.66. The number of pyridine rings is 1. The van der Waals surface area contributed by atoms with Crippen molar-refractivity contribution in [1.29, 1.82) is 0 Å². The molecule has 1 amide bonds. The Morgan fingerprint density at radius 1 is 1.30 bits per heavy atom. The maximum absolute atomic E-state index is 13.2. The van der Waals surface area contributed by atoms with E-state index < -0.39 is 0 Å². The van der Waals surface area contributed by atoms with Crippen LogP contribution in [0.1, 0.15) is 28.0 Å².